The molecule has 0 atom stereocenters. The molecule has 2 heterocycles. The number of benzene rings is 1. The smallest absolute Gasteiger partial charge is 0.293 e. The molecule has 0 bridgehead atoms. The first kappa shape index (κ1) is 12.9. The molecule has 1 N–H and O–H groups in total. The van der Waals surface area contributed by atoms with Crippen molar-refractivity contribution in [2.45, 2.75) is 6.54 Å². The van der Waals surface area contributed by atoms with Crippen LogP contribution in [0.25, 0.3) is 5.69 Å². The molecular weight excluding hydrogens is 268 g/mol. The van der Waals surface area contributed by atoms with Crippen LogP contribution < -0.4 is 5.32 Å². The van der Waals surface area contributed by atoms with Gasteiger partial charge in [-0.1, -0.05) is 24.3 Å². The van der Waals surface area contributed by atoms with Gasteiger partial charge in [0.1, 0.15) is 0 Å². The van der Waals surface area contributed by atoms with Gasteiger partial charge in [-0.3, -0.25) is 9.78 Å². The predicted molar refractivity (Wildman–Crippen MR) is 74.6 cm³/mol. The van der Waals surface area contributed by atoms with E-state index in [0.717, 1.165) is 11.3 Å². The lowest BCUT2D eigenvalue weighted by Crippen LogP contribution is -2.24. The fourth-order valence-electron chi connectivity index (χ4n) is 1.74. The molecule has 0 fully saturated rings. The predicted octanol–water partition coefficient (Wildman–Crippen LogP) is 0.987. The molecule has 7 heteroatoms. The highest BCUT2D eigenvalue weighted by atomic mass is 16.2. The number of carbonyl (C=O) groups excluding carboxylic acids is 1. The van der Waals surface area contributed by atoms with Crippen LogP contribution in [0.15, 0.2) is 54.9 Å². The van der Waals surface area contributed by atoms with Crippen LogP contribution in [0.5, 0.6) is 0 Å². The number of aromatic nitrogens is 5. The summed E-state index contributed by atoms with van der Waals surface area (Å²) < 4.78 is 0. The zero-order chi connectivity index (χ0) is 14.5. The Hall–Kier alpha value is -3.09. The second-order valence-corrected chi connectivity index (χ2v) is 4.28. The molecule has 104 valence electrons. The SMILES string of the molecule is O=C(NCc1cccnc1)c1nnn(-c2ccccc2)n1. The van der Waals surface area contributed by atoms with Gasteiger partial charge in [0.2, 0.25) is 0 Å². The fourth-order valence-corrected chi connectivity index (χ4v) is 1.74. The largest absolute Gasteiger partial charge is 0.345 e. The van der Waals surface area contributed by atoms with Crippen molar-refractivity contribution in [3.8, 4) is 5.69 Å². The number of hydrogen-bond acceptors (Lipinski definition) is 5. The molecule has 3 aromatic rings. The van der Waals surface area contributed by atoms with E-state index in [1.165, 1.54) is 4.80 Å². The van der Waals surface area contributed by atoms with Crippen LogP contribution in [0.1, 0.15) is 16.2 Å². The van der Waals surface area contributed by atoms with E-state index in [4.69, 9.17) is 0 Å². The van der Waals surface area contributed by atoms with Crippen molar-refractivity contribution in [2.75, 3.05) is 0 Å². The van der Waals surface area contributed by atoms with E-state index < -0.39 is 0 Å². The summed E-state index contributed by atoms with van der Waals surface area (Å²) in [6, 6.07) is 13.0. The van der Waals surface area contributed by atoms with Crippen molar-refractivity contribution in [3.05, 3.63) is 66.2 Å². The van der Waals surface area contributed by atoms with Crippen LogP contribution in [0.2, 0.25) is 0 Å². The van der Waals surface area contributed by atoms with Gasteiger partial charge in [-0.2, -0.15) is 0 Å². The van der Waals surface area contributed by atoms with Gasteiger partial charge in [0, 0.05) is 18.9 Å². The zero-order valence-electron chi connectivity index (χ0n) is 11.0. The Morgan fingerprint density at radius 3 is 2.76 bits per heavy atom. The Kier molecular flexibility index (Phi) is 3.64. The summed E-state index contributed by atoms with van der Waals surface area (Å²) in [5.74, 6) is -0.344. The van der Waals surface area contributed by atoms with Crippen molar-refractivity contribution in [2.24, 2.45) is 0 Å². The number of tetrazole rings is 1. The maximum atomic E-state index is 12.0. The normalized spacial score (nSPS) is 10.3. The molecule has 0 radical (unpaired) electrons. The van der Waals surface area contributed by atoms with Crippen LogP contribution >= 0.6 is 0 Å². The first-order valence-electron chi connectivity index (χ1n) is 6.35. The van der Waals surface area contributed by atoms with Gasteiger partial charge in [0.25, 0.3) is 11.7 Å². The highest BCUT2D eigenvalue weighted by Crippen LogP contribution is 2.03. The summed E-state index contributed by atoms with van der Waals surface area (Å²) in [6.07, 6.45) is 3.37. The molecule has 0 aliphatic heterocycles. The number of pyridine rings is 1. The summed E-state index contributed by atoms with van der Waals surface area (Å²) in [6.45, 7) is 0.368. The van der Waals surface area contributed by atoms with Crippen LogP contribution in [-0.2, 0) is 6.54 Å². The average molecular weight is 280 g/mol. The lowest BCUT2D eigenvalue weighted by molar-refractivity contribution is 0.0940. The van der Waals surface area contributed by atoms with Gasteiger partial charge >= 0.3 is 0 Å². The molecule has 2 aromatic heterocycles. The van der Waals surface area contributed by atoms with E-state index >= 15 is 0 Å². The van der Waals surface area contributed by atoms with E-state index in [1.54, 1.807) is 12.4 Å². The lowest BCUT2D eigenvalue weighted by Gasteiger charge is -2.01. The van der Waals surface area contributed by atoms with Gasteiger partial charge in [-0.15, -0.1) is 15.0 Å². The number of rotatable bonds is 4. The number of para-hydroxylation sites is 1. The summed E-state index contributed by atoms with van der Waals surface area (Å²) in [5.41, 5.74) is 1.65. The van der Waals surface area contributed by atoms with E-state index in [2.05, 4.69) is 25.7 Å². The molecular formula is C14H12N6O. The Morgan fingerprint density at radius 1 is 1.14 bits per heavy atom. The summed E-state index contributed by atoms with van der Waals surface area (Å²) in [7, 11) is 0. The number of hydrogen-bond donors (Lipinski definition) is 1. The van der Waals surface area contributed by atoms with Gasteiger partial charge in [0.15, 0.2) is 0 Å². The molecule has 1 aromatic carbocycles. The Bertz CT molecular complexity index is 725. The van der Waals surface area contributed by atoms with Crippen LogP contribution in [0.3, 0.4) is 0 Å². The third kappa shape index (κ3) is 3.08. The van der Waals surface area contributed by atoms with Crippen molar-refractivity contribution in [1.29, 1.82) is 0 Å². The molecule has 0 saturated carbocycles. The molecule has 3 rings (SSSR count). The van der Waals surface area contributed by atoms with Crippen LogP contribution in [-0.4, -0.2) is 31.1 Å². The third-order valence-corrected chi connectivity index (χ3v) is 2.78. The topological polar surface area (TPSA) is 85.6 Å². The van der Waals surface area contributed by atoms with E-state index in [-0.39, 0.29) is 11.7 Å². The monoisotopic (exact) mass is 280 g/mol. The third-order valence-electron chi connectivity index (χ3n) is 2.78. The number of nitrogens with one attached hydrogen (secondary N) is 1. The van der Waals surface area contributed by atoms with Gasteiger partial charge in [-0.05, 0) is 29.0 Å². The van der Waals surface area contributed by atoms with Crippen molar-refractivity contribution in [1.82, 2.24) is 30.5 Å². The standard InChI is InChI=1S/C14H12N6O/c21-14(16-10-11-5-4-8-15-9-11)13-17-19-20(18-13)12-6-2-1-3-7-12/h1-9H,10H2,(H,16,21). The molecule has 0 aliphatic carbocycles. The van der Waals surface area contributed by atoms with E-state index in [1.807, 2.05) is 42.5 Å². The second kappa shape index (κ2) is 5.91. The number of amides is 1. The molecule has 0 aliphatic rings. The molecule has 0 saturated heterocycles. The molecule has 0 spiro atoms. The fraction of sp³-hybridized carbons (Fsp3) is 0.0714. The van der Waals surface area contributed by atoms with Gasteiger partial charge < -0.3 is 5.32 Å². The average Bonchev–Trinajstić information content (AvgIpc) is 3.04. The van der Waals surface area contributed by atoms with Crippen molar-refractivity contribution >= 4 is 5.91 Å². The zero-order valence-corrected chi connectivity index (χ0v) is 11.0. The second-order valence-electron chi connectivity index (χ2n) is 4.28. The maximum Gasteiger partial charge on any atom is 0.293 e. The highest BCUT2D eigenvalue weighted by molar-refractivity contribution is 5.90. The van der Waals surface area contributed by atoms with Gasteiger partial charge in [-0.25, -0.2) is 0 Å². The minimum Gasteiger partial charge on any atom is -0.345 e. The maximum absolute atomic E-state index is 12.0. The minimum absolute atomic E-state index is 0.0303. The first-order chi connectivity index (χ1) is 10.3. The van der Waals surface area contributed by atoms with Crippen molar-refractivity contribution < 1.29 is 4.79 Å². The summed E-state index contributed by atoms with van der Waals surface area (Å²) >= 11 is 0. The number of nitrogens with zero attached hydrogens (tertiary/aromatic N) is 5. The van der Waals surface area contributed by atoms with Crippen LogP contribution in [0, 0.1) is 0 Å². The first-order valence-corrected chi connectivity index (χ1v) is 6.35. The molecule has 21 heavy (non-hydrogen) atoms. The molecule has 1 amide bonds. The molecule has 0 unspecified atom stereocenters. The highest BCUT2D eigenvalue weighted by Gasteiger charge is 2.13. The molecule has 7 nitrogen and oxygen atoms in total. The number of carbonyl (C=O) groups is 1. The lowest BCUT2D eigenvalue weighted by atomic mass is 10.3. The Labute approximate surface area is 120 Å². The Balaban J connectivity index is 1.67. The minimum atomic E-state index is -0.374. The Morgan fingerprint density at radius 2 is 2.00 bits per heavy atom. The van der Waals surface area contributed by atoms with Crippen molar-refractivity contribution in [3.63, 3.8) is 0 Å². The quantitative estimate of drug-likeness (QED) is 0.770. The van der Waals surface area contributed by atoms with Crippen LogP contribution in [0.4, 0.5) is 0 Å². The van der Waals surface area contributed by atoms with Gasteiger partial charge in [0.05, 0.1) is 5.69 Å². The summed E-state index contributed by atoms with van der Waals surface area (Å²) in [4.78, 5) is 17.3. The summed E-state index contributed by atoms with van der Waals surface area (Å²) in [5, 5.41) is 14.4. The van der Waals surface area contributed by atoms with E-state index in [0.29, 0.717) is 6.54 Å². The van der Waals surface area contributed by atoms with E-state index in [9.17, 15) is 4.79 Å².